The van der Waals surface area contributed by atoms with Crippen molar-refractivity contribution in [2.75, 3.05) is 6.54 Å². The van der Waals surface area contributed by atoms with E-state index in [0.29, 0.717) is 22.3 Å². The quantitative estimate of drug-likeness (QED) is 0.535. The molecule has 3 heterocycles. The molecule has 1 aromatic carbocycles. The van der Waals surface area contributed by atoms with Gasteiger partial charge in [-0.25, -0.2) is 14.1 Å². The van der Waals surface area contributed by atoms with Crippen molar-refractivity contribution in [3.8, 4) is 11.3 Å². The zero-order chi connectivity index (χ0) is 20.9. The first-order chi connectivity index (χ1) is 13.7. The summed E-state index contributed by atoms with van der Waals surface area (Å²) in [5, 5.41) is 15.3. The van der Waals surface area contributed by atoms with Crippen LogP contribution >= 0.6 is 0 Å². The molecule has 1 aliphatic rings. The number of hydrogen-bond donors (Lipinski definition) is 1. The number of nitrogens with zero attached hydrogens (tertiary/aromatic N) is 4. The van der Waals surface area contributed by atoms with Gasteiger partial charge in [-0.05, 0) is 24.3 Å². The Morgan fingerprint density at radius 2 is 1.90 bits per heavy atom. The smallest absolute Gasteiger partial charge is 0.371 e. The van der Waals surface area contributed by atoms with Crippen molar-refractivity contribution >= 4 is 16.9 Å². The van der Waals surface area contributed by atoms with Crippen molar-refractivity contribution in [2.45, 2.75) is 18.4 Å². The van der Waals surface area contributed by atoms with Crippen LogP contribution in [0.25, 0.3) is 22.3 Å². The minimum Gasteiger partial charge on any atom is -0.371 e. The number of halogens is 4. The minimum atomic E-state index is -4.45. The third-order valence-corrected chi connectivity index (χ3v) is 4.81. The molecule has 150 valence electrons. The molecule has 1 fully saturated rings. The summed E-state index contributed by atoms with van der Waals surface area (Å²) in [5.74, 6) is -2.20. The maximum Gasteiger partial charge on any atom is 0.416 e. The van der Waals surface area contributed by atoms with Crippen LogP contribution in [0, 0.1) is 0 Å². The van der Waals surface area contributed by atoms with E-state index in [-0.39, 0.29) is 6.54 Å². The maximum absolute atomic E-state index is 13.1. The van der Waals surface area contributed by atoms with E-state index < -0.39 is 35.7 Å². The molecule has 0 radical (unpaired) electrons. The zero-order valence-electron chi connectivity index (χ0n) is 14.8. The molecule has 4 rings (SSSR count). The van der Waals surface area contributed by atoms with Gasteiger partial charge in [0.1, 0.15) is 11.7 Å². The molecular formula is C19H14F4N4O2. The number of pyridine rings is 1. The molecule has 10 heteroatoms. The van der Waals surface area contributed by atoms with Crippen LogP contribution in [0.3, 0.4) is 0 Å². The Morgan fingerprint density at radius 1 is 1.21 bits per heavy atom. The largest absolute Gasteiger partial charge is 0.416 e. The van der Waals surface area contributed by atoms with Crippen LogP contribution in [0.1, 0.15) is 11.6 Å². The zero-order valence-corrected chi connectivity index (χ0v) is 14.8. The highest BCUT2D eigenvalue weighted by Crippen LogP contribution is 2.36. The number of amides is 1. The van der Waals surface area contributed by atoms with Gasteiger partial charge in [-0.15, -0.1) is 0 Å². The molecule has 2 unspecified atom stereocenters. The first-order valence-corrected chi connectivity index (χ1v) is 8.53. The fourth-order valence-electron chi connectivity index (χ4n) is 3.27. The normalized spacial score (nSPS) is 19.3. The summed E-state index contributed by atoms with van der Waals surface area (Å²) in [7, 11) is 0. The number of carbonyl (C=O) groups is 1. The lowest BCUT2D eigenvalue weighted by Crippen LogP contribution is -2.59. The van der Waals surface area contributed by atoms with E-state index in [2.05, 4.69) is 16.7 Å². The van der Waals surface area contributed by atoms with E-state index in [1.807, 2.05) is 0 Å². The Hall–Kier alpha value is -3.27. The van der Waals surface area contributed by atoms with Crippen molar-refractivity contribution in [3.63, 3.8) is 0 Å². The summed E-state index contributed by atoms with van der Waals surface area (Å²) in [4.78, 5) is 16.8. The van der Waals surface area contributed by atoms with E-state index in [4.69, 9.17) is 0 Å². The van der Waals surface area contributed by atoms with Gasteiger partial charge in [0, 0.05) is 17.1 Å². The number of aliphatic hydroxyl groups excluding tert-OH is 1. The van der Waals surface area contributed by atoms with Crippen LogP contribution in [0.4, 0.5) is 17.6 Å². The highest BCUT2D eigenvalue weighted by atomic mass is 19.4. The molecule has 1 N–H and O–H groups in total. The summed E-state index contributed by atoms with van der Waals surface area (Å²) in [5.41, 5.74) is 0.429. The van der Waals surface area contributed by atoms with E-state index >= 15 is 0 Å². The van der Waals surface area contributed by atoms with E-state index in [1.54, 1.807) is 12.1 Å². The number of rotatable bonds is 3. The summed E-state index contributed by atoms with van der Waals surface area (Å²) >= 11 is 0. The molecule has 0 saturated carbocycles. The van der Waals surface area contributed by atoms with E-state index in [1.165, 1.54) is 23.0 Å². The topological polar surface area (TPSA) is 71.2 Å². The Morgan fingerprint density at radius 3 is 2.48 bits per heavy atom. The number of carbonyl (C=O) groups excluding carboxylic acids is 1. The van der Waals surface area contributed by atoms with Crippen molar-refractivity contribution < 1.29 is 27.5 Å². The fraction of sp³-hybridized carbons (Fsp3) is 0.211. The number of likely N-dealkylation sites (tertiary alicyclic amines) is 1. The Labute approximate surface area is 161 Å². The van der Waals surface area contributed by atoms with E-state index in [9.17, 15) is 27.5 Å². The van der Waals surface area contributed by atoms with Gasteiger partial charge in [0.15, 0.2) is 17.7 Å². The summed E-state index contributed by atoms with van der Waals surface area (Å²) in [6.45, 7) is 2.91. The van der Waals surface area contributed by atoms with Gasteiger partial charge in [0.2, 0.25) is 0 Å². The molecule has 2 aromatic heterocycles. The molecule has 1 amide bonds. The lowest BCUT2D eigenvalue weighted by atomic mass is 10.1. The number of hydrogen-bond acceptors (Lipinski definition) is 4. The Balaban J connectivity index is 1.72. The molecule has 0 bridgehead atoms. The first kappa shape index (κ1) is 19.1. The molecule has 2 atom stereocenters. The standard InChI is InChI=1S/C19H14F4N4O2/c1-10(20)17(28)26-9-14(18(26)29)27-16-13(3-2-8-24-16)15(25-27)11-4-6-12(7-5-11)19(21,22)23/h2-8,14,18,29H,1,9H2. The highest BCUT2D eigenvalue weighted by molar-refractivity contribution is 5.92. The van der Waals surface area contributed by atoms with Crippen LogP contribution < -0.4 is 0 Å². The van der Waals surface area contributed by atoms with Gasteiger partial charge < -0.3 is 10.0 Å². The van der Waals surface area contributed by atoms with Crippen molar-refractivity contribution in [1.82, 2.24) is 19.7 Å². The Kier molecular flexibility index (Phi) is 4.38. The lowest BCUT2D eigenvalue weighted by molar-refractivity contribution is -0.164. The average Bonchev–Trinajstić information content (AvgIpc) is 3.05. The number of alkyl halides is 3. The predicted octanol–water partition coefficient (Wildman–Crippen LogP) is 3.30. The molecule has 0 aliphatic carbocycles. The van der Waals surface area contributed by atoms with E-state index in [0.717, 1.165) is 17.0 Å². The Bertz CT molecular complexity index is 1110. The summed E-state index contributed by atoms with van der Waals surface area (Å²) in [6, 6.07) is 7.21. The molecule has 29 heavy (non-hydrogen) atoms. The van der Waals surface area contributed by atoms with Crippen LogP contribution in [0.5, 0.6) is 0 Å². The lowest BCUT2D eigenvalue weighted by Gasteiger charge is -2.44. The van der Waals surface area contributed by atoms with Gasteiger partial charge >= 0.3 is 6.18 Å². The van der Waals surface area contributed by atoms with Crippen LogP contribution in [-0.4, -0.2) is 43.5 Å². The number of aromatic nitrogens is 3. The molecule has 1 saturated heterocycles. The van der Waals surface area contributed by atoms with Crippen LogP contribution in [-0.2, 0) is 11.0 Å². The monoisotopic (exact) mass is 406 g/mol. The fourth-order valence-corrected chi connectivity index (χ4v) is 3.27. The third-order valence-electron chi connectivity index (χ3n) is 4.81. The molecule has 1 aliphatic heterocycles. The van der Waals surface area contributed by atoms with Gasteiger partial charge in [-0.2, -0.15) is 18.3 Å². The van der Waals surface area contributed by atoms with Crippen molar-refractivity contribution in [1.29, 1.82) is 0 Å². The van der Waals surface area contributed by atoms with Crippen LogP contribution in [0.15, 0.2) is 55.0 Å². The molecule has 6 nitrogen and oxygen atoms in total. The van der Waals surface area contributed by atoms with Crippen molar-refractivity contribution in [3.05, 3.63) is 60.6 Å². The predicted molar refractivity (Wildman–Crippen MR) is 95.0 cm³/mol. The third kappa shape index (κ3) is 3.15. The molecule has 0 spiro atoms. The van der Waals surface area contributed by atoms with Gasteiger partial charge in [0.05, 0.1) is 12.1 Å². The average molecular weight is 406 g/mol. The summed E-state index contributed by atoms with van der Waals surface area (Å²) in [6.07, 6.45) is -4.27. The number of fused-ring (bicyclic) bond motifs is 1. The molecular weight excluding hydrogens is 392 g/mol. The van der Waals surface area contributed by atoms with Gasteiger partial charge in [0.25, 0.3) is 5.91 Å². The van der Waals surface area contributed by atoms with Crippen molar-refractivity contribution in [2.24, 2.45) is 0 Å². The highest BCUT2D eigenvalue weighted by Gasteiger charge is 2.44. The van der Waals surface area contributed by atoms with Gasteiger partial charge in [-0.3, -0.25) is 4.79 Å². The maximum atomic E-state index is 13.1. The second-order valence-electron chi connectivity index (χ2n) is 6.59. The second-order valence-corrected chi connectivity index (χ2v) is 6.59. The number of aliphatic hydroxyl groups is 1. The minimum absolute atomic E-state index is 0.0112. The molecule has 3 aromatic rings. The second kappa shape index (κ2) is 6.66. The summed E-state index contributed by atoms with van der Waals surface area (Å²) < 4.78 is 52.9. The SMILES string of the molecule is C=C(F)C(=O)N1CC(n2nc(-c3ccc(C(F)(F)F)cc3)c3cccnc32)C1O. The van der Waals surface area contributed by atoms with Crippen LogP contribution in [0.2, 0.25) is 0 Å². The van der Waals surface area contributed by atoms with Gasteiger partial charge in [-0.1, -0.05) is 18.7 Å². The first-order valence-electron chi connectivity index (χ1n) is 8.53. The number of benzene rings is 1.